The van der Waals surface area contributed by atoms with Gasteiger partial charge in [-0.1, -0.05) is 164 Å². The van der Waals surface area contributed by atoms with Gasteiger partial charge in [0.2, 0.25) is 0 Å². The molecule has 1 N–H and O–H groups in total. The zero-order valence-corrected chi connectivity index (χ0v) is 30.5. The first-order valence-corrected chi connectivity index (χ1v) is 19.3. The summed E-state index contributed by atoms with van der Waals surface area (Å²) in [6, 6.07) is 0. The molecule has 0 bridgehead atoms. The Bertz CT molecular complexity index is 838. The van der Waals surface area contributed by atoms with Crippen LogP contribution in [0.2, 0.25) is 0 Å². The highest BCUT2D eigenvalue weighted by Gasteiger charge is 2.16. The SMILES string of the molecule is CC/C=C\C/C=C\C/C=C\C/C=C\C/C=C\CCCCCCCCCCCC(=O)OC(CO)COC(=O)CCCCCCCCCC. The third-order valence-electron chi connectivity index (χ3n) is 8.08. The van der Waals surface area contributed by atoms with Crippen LogP contribution in [0.25, 0.3) is 0 Å². The van der Waals surface area contributed by atoms with Crippen LogP contribution < -0.4 is 0 Å². The number of rotatable bonds is 34. The van der Waals surface area contributed by atoms with Gasteiger partial charge in [-0.2, -0.15) is 0 Å². The molecule has 0 heterocycles. The van der Waals surface area contributed by atoms with E-state index in [9.17, 15) is 14.7 Å². The summed E-state index contributed by atoms with van der Waals surface area (Å²) < 4.78 is 10.5. The van der Waals surface area contributed by atoms with Crippen LogP contribution in [0.15, 0.2) is 60.8 Å². The van der Waals surface area contributed by atoms with Gasteiger partial charge in [0.1, 0.15) is 6.61 Å². The van der Waals surface area contributed by atoms with Crippen molar-refractivity contribution in [3.63, 3.8) is 0 Å². The zero-order chi connectivity index (χ0) is 34.3. The summed E-state index contributed by atoms with van der Waals surface area (Å²) >= 11 is 0. The first-order chi connectivity index (χ1) is 23.1. The van der Waals surface area contributed by atoms with Gasteiger partial charge in [0, 0.05) is 12.8 Å². The number of esters is 2. The van der Waals surface area contributed by atoms with Gasteiger partial charge < -0.3 is 14.6 Å². The van der Waals surface area contributed by atoms with Crippen LogP contribution in [0.1, 0.15) is 174 Å². The fourth-order valence-corrected chi connectivity index (χ4v) is 5.17. The molecule has 0 aliphatic heterocycles. The smallest absolute Gasteiger partial charge is 0.306 e. The number of hydrogen-bond donors (Lipinski definition) is 1. The molecular weight excluding hydrogens is 584 g/mol. The van der Waals surface area contributed by atoms with E-state index in [-0.39, 0.29) is 25.2 Å². The number of allylic oxidation sites excluding steroid dienone is 10. The Balaban J connectivity index is 3.56. The third-order valence-corrected chi connectivity index (χ3v) is 8.08. The topological polar surface area (TPSA) is 72.8 Å². The van der Waals surface area contributed by atoms with Gasteiger partial charge in [-0.3, -0.25) is 9.59 Å². The van der Waals surface area contributed by atoms with Gasteiger partial charge >= 0.3 is 11.9 Å². The largest absolute Gasteiger partial charge is 0.462 e. The van der Waals surface area contributed by atoms with Crippen molar-refractivity contribution >= 4 is 11.9 Å². The Kier molecular flexibility index (Phi) is 36.1. The average molecular weight is 657 g/mol. The van der Waals surface area contributed by atoms with Crippen molar-refractivity contribution in [1.82, 2.24) is 0 Å². The van der Waals surface area contributed by atoms with Crippen LogP contribution in [-0.4, -0.2) is 36.4 Å². The van der Waals surface area contributed by atoms with E-state index in [2.05, 4.69) is 74.6 Å². The Morgan fingerprint density at radius 2 is 0.915 bits per heavy atom. The van der Waals surface area contributed by atoms with Crippen LogP contribution in [0.5, 0.6) is 0 Å². The van der Waals surface area contributed by atoms with E-state index in [0.717, 1.165) is 70.6 Å². The van der Waals surface area contributed by atoms with E-state index < -0.39 is 6.10 Å². The number of aliphatic hydroxyl groups excluding tert-OH is 1. The molecule has 0 saturated heterocycles. The van der Waals surface area contributed by atoms with E-state index in [0.29, 0.717) is 12.8 Å². The highest BCUT2D eigenvalue weighted by molar-refractivity contribution is 5.70. The quantitative estimate of drug-likeness (QED) is 0.0424. The van der Waals surface area contributed by atoms with Crippen LogP contribution in [0.3, 0.4) is 0 Å². The average Bonchev–Trinajstić information content (AvgIpc) is 3.07. The van der Waals surface area contributed by atoms with Crippen molar-refractivity contribution in [3.8, 4) is 0 Å². The molecule has 0 aromatic heterocycles. The lowest BCUT2D eigenvalue weighted by Gasteiger charge is -2.15. The number of carbonyl (C=O) groups excluding carboxylic acids is 2. The molecule has 0 aromatic rings. The molecule has 47 heavy (non-hydrogen) atoms. The highest BCUT2D eigenvalue weighted by atomic mass is 16.6. The Morgan fingerprint density at radius 1 is 0.511 bits per heavy atom. The predicted octanol–water partition coefficient (Wildman–Crippen LogP) is 12.0. The minimum Gasteiger partial charge on any atom is -0.462 e. The molecule has 0 spiro atoms. The Morgan fingerprint density at radius 3 is 1.38 bits per heavy atom. The van der Waals surface area contributed by atoms with Crippen molar-refractivity contribution in [1.29, 1.82) is 0 Å². The van der Waals surface area contributed by atoms with E-state index >= 15 is 0 Å². The summed E-state index contributed by atoms with van der Waals surface area (Å²) in [5.74, 6) is -0.605. The maximum Gasteiger partial charge on any atom is 0.306 e. The second-order valence-electron chi connectivity index (χ2n) is 12.6. The number of ether oxygens (including phenoxy) is 2. The standard InChI is InChI=1S/C42H72O5/c1-3-5-7-9-11-13-14-15-16-17-18-19-20-21-22-23-24-25-26-27-28-29-31-33-35-37-42(45)47-40(38-43)39-46-41(44)36-34-32-30-12-10-8-6-4-2/h5,7,11,13,15-16,18-19,21-22,40,43H,3-4,6,8-10,12,14,17,20,23-39H2,1-2H3/b7-5-,13-11-,16-15-,19-18-,22-21-. The molecule has 0 saturated carbocycles. The molecule has 5 nitrogen and oxygen atoms in total. The van der Waals surface area contributed by atoms with E-state index in [4.69, 9.17) is 9.47 Å². The maximum absolute atomic E-state index is 12.1. The molecule has 0 aliphatic carbocycles. The second kappa shape index (κ2) is 38.1. The summed E-state index contributed by atoms with van der Waals surface area (Å²) in [6.07, 6.45) is 48.6. The summed E-state index contributed by atoms with van der Waals surface area (Å²) in [6.45, 7) is 3.97. The number of carbonyl (C=O) groups is 2. The fraction of sp³-hybridized carbons (Fsp3) is 0.714. The summed E-state index contributed by atoms with van der Waals surface area (Å²) in [7, 11) is 0. The van der Waals surface area contributed by atoms with Crippen LogP contribution in [0, 0.1) is 0 Å². The van der Waals surface area contributed by atoms with Gasteiger partial charge in [0.15, 0.2) is 6.10 Å². The van der Waals surface area contributed by atoms with E-state index in [1.165, 1.54) is 77.0 Å². The molecule has 1 unspecified atom stereocenters. The molecule has 0 fully saturated rings. The van der Waals surface area contributed by atoms with Gasteiger partial charge in [-0.05, 0) is 57.8 Å². The molecule has 0 radical (unpaired) electrons. The molecule has 0 amide bonds. The lowest BCUT2D eigenvalue weighted by atomic mass is 10.1. The minimum atomic E-state index is -0.772. The van der Waals surface area contributed by atoms with Gasteiger partial charge in [0.25, 0.3) is 0 Å². The Hall–Kier alpha value is -2.40. The highest BCUT2D eigenvalue weighted by Crippen LogP contribution is 2.13. The van der Waals surface area contributed by atoms with Crippen molar-refractivity contribution in [2.24, 2.45) is 0 Å². The van der Waals surface area contributed by atoms with Gasteiger partial charge in [-0.25, -0.2) is 0 Å². The lowest BCUT2D eigenvalue weighted by Crippen LogP contribution is -2.28. The predicted molar refractivity (Wildman–Crippen MR) is 200 cm³/mol. The maximum atomic E-state index is 12.1. The van der Waals surface area contributed by atoms with Gasteiger partial charge in [-0.15, -0.1) is 0 Å². The molecule has 270 valence electrons. The molecule has 0 aromatic carbocycles. The number of hydrogen-bond acceptors (Lipinski definition) is 5. The first-order valence-electron chi connectivity index (χ1n) is 19.3. The molecule has 0 rings (SSSR count). The van der Waals surface area contributed by atoms with Crippen molar-refractivity contribution in [2.45, 2.75) is 180 Å². The Labute approximate surface area is 290 Å². The first kappa shape index (κ1) is 44.6. The molecule has 0 aliphatic rings. The van der Waals surface area contributed by atoms with E-state index in [1.807, 2.05) is 0 Å². The fourth-order valence-electron chi connectivity index (χ4n) is 5.17. The van der Waals surface area contributed by atoms with Crippen molar-refractivity contribution < 1.29 is 24.2 Å². The van der Waals surface area contributed by atoms with Crippen molar-refractivity contribution in [3.05, 3.63) is 60.8 Å². The van der Waals surface area contributed by atoms with E-state index in [1.54, 1.807) is 0 Å². The van der Waals surface area contributed by atoms with Crippen molar-refractivity contribution in [2.75, 3.05) is 13.2 Å². The third kappa shape index (κ3) is 36.3. The monoisotopic (exact) mass is 657 g/mol. The number of unbranched alkanes of at least 4 members (excludes halogenated alkanes) is 16. The summed E-state index contributed by atoms with van der Waals surface area (Å²) in [5, 5.41) is 9.51. The normalized spacial score (nSPS) is 12.8. The second-order valence-corrected chi connectivity index (χ2v) is 12.6. The molecular formula is C42H72O5. The molecule has 5 heteroatoms. The zero-order valence-electron chi connectivity index (χ0n) is 30.5. The summed E-state index contributed by atoms with van der Waals surface area (Å²) in [5.41, 5.74) is 0. The lowest BCUT2D eigenvalue weighted by molar-refractivity contribution is -0.161. The number of aliphatic hydroxyl groups is 1. The summed E-state index contributed by atoms with van der Waals surface area (Å²) in [4.78, 5) is 24.1. The molecule has 1 atom stereocenters. The minimum absolute atomic E-state index is 0.0690. The van der Waals surface area contributed by atoms with Gasteiger partial charge in [0.05, 0.1) is 6.61 Å². The van der Waals surface area contributed by atoms with Crippen LogP contribution >= 0.6 is 0 Å². The van der Waals surface area contributed by atoms with Crippen LogP contribution in [0.4, 0.5) is 0 Å². The van der Waals surface area contributed by atoms with Crippen LogP contribution in [-0.2, 0) is 19.1 Å².